The second-order valence-electron chi connectivity index (χ2n) is 7.76. The van der Waals surface area contributed by atoms with Crippen molar-refractivity contribution in [2.75, 3.05) is 31.5 Å². The first-order valence-electron chi connectivity index (χ1n) is 11.0. The Balaban J connectivity index is 0.000000641. The van der Waals surface area contributed by atoms with Crippen molar-refractivity contribution in [1.29, 1.82) is 0 Å². The Morgan fingerprint density at radius 2 is 1.74 bits per heavy atom. The minimum Gasteiger partial charge on any atom is -0.473 e. The Morgan fingerprint density at radius 3 is 2.31 bits per heavy atom. The van der Waals surface area contributed by atoms with Crippen LogP contribution in [0.15, 0.2) is 18.2 Å². The number of aromatic amines is 1. The van der Waals surface area contributed by atoms with Crippen LogP contribution >= 0.6 is 0 Å². The topological polar surface area (TPSA) is 152 Å². The Kier molecular flexibility index (Phi) is 9.29. The molecule has 1 aliphatic heterocycles. The number of nitrogens with one attached hydrogen (secondary N) is 3. The molecule has 3 rings (SSSR count). The van der Waals surface area contributed by atoms with E-state index in [9.17, 15) is 14.0 Å². The highest BCUT2D eigenvalue weighted by Gasteiger charge is 2.26. The second-order valence-corrected chi connectivity index (χ2v) is 7.76. The van der Waals surface area contributed by atoms with E-state index < -0.39 is 17.8 Å². The van der Waals surface area contributed by atoms with Crippen molar-refractivity contribution in [3.8, 4) is 0 Å². The number of nitrogens with zero attached hydrogens (tertiary/aromatic N) is 1. The summed E-state index contributed by atoms with van der Waals surface area (Å²) in [6.45, 7) is 11.1. The van der Waals surface area contributed by atoms with Crippen molar-refractivity contribution in [3.63, 3.8) is 0 Å². The van der Waals surface area contributed by atoms with Gasteiger partial charge in [-0.15, -0.1) is 0 Å². The Hall–Kier alpha value is -3.99. The fraction of sp³-hybridized carbons (Fsp3) is 0.333. The molecular weight excluding hydrogens is 459 g/mol. The standard InChI is InChI=1S/C22H27FN4O2.C2H2O4/c1-5-27(6-2)10-9-24-22(29)20-13(3)19(25-14(20)4)12-17-16-11-15(23)7-8-18(16)26-21(17)28;3-1(4)2(5)6/h7-8,11-12,25H,5-6,9-10H2,1-4H3,(H,24,29)(H,26,28);(H,3,4)(H,5,6)/b17-12-;. The maximum absolute atomic E-state index is 13.7. The van der Waals surface area contributed by atoms with Crippen molar-refractivity contribution in [2.24, 2.45) is 0 Å². The number of likely N-dealkylation sites (N-methyl/N-ethyl adjacent to an activating group) is 1. The highest BCUT2D eigenvalue weighted by molar-refractivity contribution is 6.35. The molecule has 0 spiro atoms. The number of aryl methyl sites for hydroxylation is 1. The minimum atomic E-state index is -1.82. The Morgan fingerprint density at radius 1 is 1.11 bits per heavy atom. The number of carbonyl (C=O) groups excluding carboxylic acids is 2. The van der Waals surface area contributed by atoms with Crippen LogP contribution in [0.5, 0.6) is 0 Å². The summed E-state index contributed by atoms with van der Waals surface area (Å²) in [5, 5.41) is 20.5. The molecule has 2 aromatic rings. The lowest BCUT2D eigenvalue weighted by atomic mass is 10.0. The minimum absolute atomic E-state index is 0.143. The van der Waals surface area contributed by atoms with Crippen LogP contribution in [0, 0.1) is 19.7 Å². The van der Waals surface area contributed by atoms with Gasteiger partial charge in [-0.3, -0.25) is 9.59 Å². The van der Waals surface area contributed by atoms with Gasteiger partial charge in [0.1, 0.15) is 5.82 Å². The Labute approximate surface area is 201 Å². The third kappa shape index (κ3) is 6.76. The average Bonchev–Trinajstić information content (AvgIpc) is 3.26. The molecule has 0 aliphatic carbocycles. The number of rotatable bonds is 7. The van der Waals surface area contributed by atoms with Crippen LogP contribution in [0.4, 0.5) is 10.1 Å². The normalized spacial score (nSPS) is 13.2. The molecule has 0 bridgehead atoms. The van der Waals surface area contributed by atoms with E-state index in [1.54, 1.807) is 12.1 Å². The van der Waals surface area contributed by atoms with Gasteiger partial charge in [-0.2, -0.15) is 0 Å². The number of amides is 2. The van der Waals surface area contributed by atoms with Crippen molar-refractivity contribution < 1.29 is 33.8 Å². The van der Waals surface area contributed by atoms with E-state index in [0.29, 0.717) is 34.6 Å². The van der Waals surface area contributed by atoms with Crippen LogP contribution in [0.25, 0.3) is 11.6 Å². The van der Waals surface area contributed by atoms with Gasteiger partial charge < -0.3 is 30.7 Å². The van der Waals surface area contributed by atoms with Crippen LogP contribution < -0.4 is 10.6 Å². The number of hydrogen-bond acceptors (Lipinski definition) is 5. The summed E-state index contributed by atoms with van der Waals surface area (Å²) in [4.78, 5) is 48.7. The first kappa shape index (κ1) is 27.3. The molecule has 1 aromatic carbocycles. The number of benzene rings is 1. The zero-order valence-corrected chi connectivity index (χ0v) is 20.0. The van der Waals surface area contributed by atoms with Crippen LogP contribution in [-0.4, -0.2) is 70.0 Å². The fourth-order valence-corrected chi connectivity index (χ4v) is 3.66. The quantitative estimate of drug-likeness (QED) is 0.297. The highest BCUT2D eigenvalue weighted by Crippen LogP contribution is 2.34. The van der Waals surface area contributed by atoms with E-state index in [0.717, 1.165) is 30.9 Å². The number of fused-ring (bicyclic) bond motifs is 1. The lowest BCUT2D eigenvalue weighted by Crippen LogP contribution is -2.35. The van der Waals surface area contributed by atoms with Gasteiger partial charge >= 0.3 is 11.9 Å². The third-order valence-corrected chi connectivity index (χ3v) is 5.55. The molecule has 0 saturated heterocycles. The SMILES string of the molecule is CCN(CC)CCNC(=O)c1c(C)[nH]c(/C=C2\C(=O)Nc3ccc(F)cc32)c1C.O=C(O)C(=O)O. The molecule has 2 amide bonds. The summed E-state index contributed by atoms with van der Waals surface area (Å²) in [5.74, 6) is -4.48. The zero-order valence-electron chi connectivity index (χ0n) is 20.0. The predicted molar refractivity (Wildman–Crippen MR) is 129 cm³/mol. The highest BCUT2D eigenvalue weighted by atomic mass is 19.1. The van der Waals surface area contributed by atoms with Gasteiger partial charge in [0.25, 0.3) is 11.8 Å². The molecule has 0 saturated carbocycles. The largest absolute Gasteiger partial charge is 0.473 e. The molecule has 1 aromatic heterocycles. The van der Waals surface area contributed by atoms with Crippen LogP contribution in [0.3, 0.4) is 0 Å². The lowest BCUT2D eigenvalue weighted by molar-refractivity contribution is -0.159. The first-order valence-corrected chi connectivity index (χ1v) is 11.0. The second kappa shape index (κ2) is 11.9. The number of H-pyrrole nitrogens is 1. The Bertz CT molecular complexity index is 1160. The molecule has 2 heterocycles. The van der Waals surface area contributed by atoms with Gasteiger partial charge in [-0.25, -0.2) is 14.0 Å². The molecule has 188 valence electrons. The summed E-state index contributed by atoms with van der Waals surface area (Å²) < 4.78 is 13.7. The molecular formula is C24H29FN4O6. The van der Waals surface area contributed by atoms with Crippen molar-refractivity contribution >= 4 is 41.1 Å². The number of carbonyl (C=O) groups is 4. The number of halogens is 1. The van der Waals surface area contributed by atoms with E-state index >= 15 is 0 Å². The van der Waals surface area contributed by atoms with E-state index in [1.807, 2.05) is 13.8 Å². The first-order chi connectivity index (χ1) is 16.5. The van der Waals surface area contributed by atoms with Gasteiger partial charge in [0.2, 0.25) is 0 Å². The summed E-state index contributed by atoms with van der Waals surface area (Å²) in [5.41, 5.74) is 4.20. The van der Waals surface area contributed by atoms with E-state index in [-0.39, 0.29) is 11.8 Å². The monoisotopic (exact) mass is 488 g/mol. The van der Waals surface area contributed by atoms with Crippen LogP contribution in [0.2, 0.25) is 0 Å². The summed E-state index contributed by atoms with van der Waals surface area (Å²) >= 11 is 0. The number of hydrogen-bond donors (Lipinski definition) is 5. The molecule has 1 aliphatic rings. The number of aromatic nitrogens is 1. The lowest BCUT2D eigenvalue weighted by Gasteiger charge is -2.18. The van der Waals surface area contributed by atoms with Gasteiger partial charge in [0, 0.05) is 35.7 Å². The molecule has 5 N–H and O–H groups in total. The molecule has 35 heavy (non-hydrogen) atoms. The fourth-order valence-electron chi connectivity index (χ4n) is 3.66. The van der Waals surface area contributed by atoms with E-state index in [2.05, 4.69) is 34.4 Å². The van der Waals surface area contributed by atoms with Gasteiger partial charge in [0.15, 0.2) is 0 Å². The van der Waals surface area contributed by atoms with Gasteiger partial charge in [-0.1, -0.05) is 13.8 Å². The number of carboxylic acid groups (broad SMARTS) is 2. The molecule has 0 atom stereocenters. The van der Waals surface area contributed by atoms with Crippen LogP contribution in [0.1, 0.15) is 46.7 Å². The van der Waals surface area contributed by atoms with E-state index in [4.69, 9.17) is 19.8 Å². The zero-order chi connectivity index (χ0) is 26.3. The smallest absolute Gasteiger partial charge is 0.414 e. The van der Waals surface area contributed by atoms with Gasteiger partial charge in [-0.05, 0) is 56.8 Å². The van der Waals surface area contributed by atoms with Crippen molar-refractivity contribution in [2.45, 2.75) is 27.7 Å². The summed E-state index contributed by atoms with van der Waals surface area (Å²) in [7, 11) is 0. The molecule has 0 unspecified atom stereocenters. The molecule has 11 heteroatoms. The van der Waals surface area contributed by atoms with Crippen LogP contribution in [-0.2, 0) is 14.4 Å². The van der Waals surface area contributed by atoms with Crippen molar-refractivity contribution in [3.05, 3.63) is 52.1 Å². The molecule has 0 radical (unpaired) electrons. The number of carboxylic acids is 2. The summed E-state index contributed by atoms with van der Waals surface area (Å²) in [6, 6.07) is 4.20. The third-order valence-electron chi connectivity index (χ3n) is 5.55. The van der Waals surface area contributed by atoms with E-state index in [1.165, 1.54) is 12.1 Å². The van der Waals surface area contributed by atoms with Crippen molar-refractivity contribution in [1.82, 2.24) is 15.2 Å². The maximum atomic E-state index is 13.7. The number of anilines is 1. The average molecular weight is 489 g/mol. The molecule has 0 fully saturated rings. The van der Waals surface area contributed by atoms with Gasteiger partial charge in [0.05, 0.1) is 11.1 Å². The molecule has 10 nitrogen and oxygen atoms in total. The maximum Gasteiger partial charge on any atom is 0.414 e. The summed E-state index contributed by atoms with van der Waals surface area (Å²) in [6.07, 6.45) is 1.68. The number of aliphatic carboxylic acids is 2. The predicted octanol–water partition coefficient (Wildman–Crippen LogP) is 2.49.